The number of anilines is 1. The van der Waals surface area contributed by atoms with Crippen LogP contribution in [0.3, 0.4) is 0 Å². The van der Waals surface area contributed by atoms with Gasteiger partial charge in [0.2, 0.25) is 5.91 Å². The number of halogens is 1. The Balaban J connectivity index is 1.56. The van der Waals surface area contributed by atoms with Gasteiger partial charge in [-0.15, -0.1) is 11.3 Å². The molecular formula is C26H31BrN4OS. The van der Waals surface area contributed by atoms with Gasteiger partial charge < -0.3 is 10.2 Å². The molecule has 0 bridgehead atoms. The quantitative estimate of drug-likeness (QED) is 0.493. The van der Waals surface area contributed by atoms with Crippen LogP contribution in [0.4, 0.5) is 5.69 Å². The predicted octanol–water partition coefficient (Wildman–Crippen LogP) is 5.41. The highest BCUT2D eigenvalue weighted by Crippen LogP contribution is 2.25. The Morgan fingerprint density at radius 1 is 1.12 bits per heavy atom. The fourth-order valence-electron chi connectivity index (χ4n) is 4.25. The van der Waals surface area contributed by atoms with Gasteiger partial charge in [-0.1, -0.05) is 46.3 Å². The number of benzene rings is 2. The number of nitrogens with zero attached hydrogens (tertiary/aromatic N) is 3. The van der Waals surface area contributed by atoms with Crippen molar-refractivity contribution >= 4 is 38.9 Å². The number of thiazole rings is 1. The number of amides is 1. The molecule has 33 heavy (non-hydrogen) atoms. The molecule has 0 aliphatic carbocycles. The van der Waals surface area contributed by atoms with E-state index in [0.717, 1.165) is 63.9 Å². The Morgan fingerprint density at radius 2 is 1.94 bits per heavy atom. The smallest absolute Gasteiger partial charge is 0.228 e. The number of aromatic nitrogens is 1. The Labute approximate surface area is 209 Å². The van der Waals surface area contributed by atoms with Crippen molar-refractivity contribution in [1.82, 2.24) is 14.8 Å². The Morgan fingerprint density at radius 3 is 2.70 bits per heavy atom. The summed E-state index contributed by atoms with van der Waals surface area (Å²) in [5, 5.41) is 4.61. The summed E-state index contributed by atoms with van der Waals surface area (Å²) in [7, 11) is 0. The van der Waals surface area contributed by atoms with Gasteiger partial charge in [0.05, 0.1) is 17.1 Å². The number of carbonyl (C=O) groups is 1. The molecule has 1 aliphatic rings. The zero-order valence-electron chi connectivity index (χ0n) is 19.3. The van der Waals surface area contributed by atoms with Crippen LogP contribution in [0.15, 0.2) is 53.0 Å². The molecule has 3 aromatic rings. The monoisotopic (exact) mass is 526 g/mol. The van der Waals surface area contributed by atoms with Crippen molar-refractivity contribution < 1.29 is 4.79 Å². The van der Waals surface area contributed by atoms with E-state index in [9.17, 15) is 4.79 Å². The summed E-state index contributed by atoms with van der Waals surface area (Å²) in [6.07, 6.45) is 1.46. The lowest BCUT2D eigenvalue weighted by Gasteiger charge is -2.28. The van der Waals surface area contributed by atoms with E-state index in [1.165, 1.54) is 5.56 Å². The first-order valence-electron chi connectivity index (χ1n) is 11.5. The lowest BCUT2D eigenvalue weighted by Crippen LogP contribution is -2.39. The van der Waals surface area contributed by atoms with Crippen molar-refractivity contribution in [3.8, 4) is 0 Å². The minimum Gasteiger partial charge on any atom is -0.385 e. The number of rotatable bonds is 4. The van der Waals surface area contributed by atoms with Crippen molar-refractivity contribution in [2.75, 3.05) is 31.5 Å². The molecule has 0 unspecified atom stereocenters. The van der Waals surface area contributed by atoms with Gasteiger partial charge in [-0.2, -0.15) is 0 Å². The molecule has 5 nitrogen and oxygen atoms in total. The second-order valence-corrected chi connectivity index (χ2v) is 10.8. The second-order valence-electron chi connectivity index (χ2n) is 8.58. The molecule has 0 saturated heterocycles. The highest BCUT2D eigenvalue weighted by Gasteiger charge is 2.21. The average molecular weight is 528 g/mol. The topological polar surface area (TPSA) is 48.5 Å². The number of hydrogen-bond acceptors (Lipinski definition) is 5. The fourth-order valence-corrected chi connectivity index (χ4v) is 5.59. The standard InChI is InChI=1S/C26H31BrN4OS/c1-19-25(33-20(2)29-19)16-26(32)31-14-13-30(17-21-7-4-3-5-8-21)12-6-11-28-24-10-9-23(27)15-22(24)18-31/h3-5,7-10,15,28H,6,11-14,16-18H2,1-2H3. The van der Waals surface area contributed by atoms with Crippen molar-refractivity contribution in [3.63, 3.8) is 0 Å². The van der Waals surface area contributed by atoms with E-state index >= 15 is 0 Å². The summed E-state index contributed by atoms with van der Waals surface area (Å²) in [5.74, 6) is 0.159. The summed E-state index contributed by atoms with van der Waals surface area (Å²) >= 11 is 5.24. The van der Waals surface area contributed by atoms with Crippen LogP contribution >= 0.6 is 27.3 Å². The van der Waals surface area contributed by atoms with Crippen LogP contribution in [0.1, 0.15) is 33.1 Å². The van der Waals surface area contributed by atoms with Crippen molar-refractivity contribution in [2.45, 2.75) is 39.8 Å². The van der Waals surface area contributed by atoms with Gasteiger partial charge in [-0.3, -0.25) is 9.69 Å². The summed E-state index contributed by atoms with van der Waals surface area (Å²) in [4.78, 5) is 23.6. The predicted molar refractivity (Wildman–Crippen MR) is 140 cm³/mol. The zero-order chi connectivity index (χ0) is 23.2. The molecule has 7 heteroatoms. The van der Waals surface area contributed by atoms with Gasteiger partial charge in [0.15, 0.2) is 0 Å². The molecule has 1 N–H and O–H groups in total. The molecule has 1 aliphatic heterocycles. The number of carbonyl (C=O) groups excluding carboxylic acids is 1. The molecule has 2 aromatic carbocycles. The molecule has 0 fully saturated rings. The molecular weight excluding hydrogens is 496 g/mol. The third-order valence-corrected chi connectivity index (χ3v) is 7.56. The summed E-state index contributed by atoms with van der Waals surface area (Å²) in [6, 6.07) is 16.9. The zero-order valence-corrected chi connectivity index (χ0v) is 21.7. The number of aryl methyl sites for hydroxylation is 2. The summed E-state index contributed by atoms with van der Waals surface area (Å²) in [6.45, 7) is 8.94. The highest BCUT2D eigenvalue weighted by atomic mass is 79.9. The lowest BCUT2D eigenvalue weighted by molar-refractivity contribution is -0.131. The van der Waals surface area contributed by atoms with E-state index in [1.807, 2.05) is 18.7 Å². The van der Waals surface area contributed by atoms with Crippen molar-refractivity contribution in [3.05, 3.63) is 79.7 Å². The Hall–Kier alpha value is -2.22. The number of hydrogen-bond donors (Lipinski definition) is 1. The molecule has 174 valence electrons. The maximum Gasteiger partial charge on any atom is 0.228 e. The van der Waals surface area contributed by atoms with E-state index < -0.39 is 0 Å². The molecule has 1 aromatic heterocycles. The molecule has 0 saturated carbocycles. The van der Waals surface area contributed by atoms with Gasteiger partial charge in [0.25, 0.3) is 0 Å². The summed E-state index contributed by atoms with van der Waals surface area (Å²) < 4.78 is 1.03. The van der Waals surface area contributed by atoms with E-state index in [-0.39, 0.29) is 5.91 Å². The van der Waals surface area contributed by atoms with Crippen molar-refractivity contribution in [2.24, 2.45) is 0 Å². The van der Waals surface area contributed by atoms with Gasteiger partial charge in [-0.05, 0) is 49.6 Å². The van der Waals surface area contributed by atoms with Crippen LogP contribution in [0, 0.1) is 13.8 Å². The largest absolute Gasteiger partial charge is 0.385 e. The minimum absolute atomic E-state index is 0.159. The molecule has 0 radical (unpaired) electrons. The van der Waals surface area contributed by atoms with Crippen LogP contribution in [0.5, 0.6) is 0 Å². The first-order valence-corrected chi connectivity index (χ1v) is 13.1. The van der Waals surface area contributed by atoms with E-state index in [1.54, 1.807) is 11.3 Å². The molecule has 4 rings (SSSR count). The van der Waals surface area contributed by atoms with Crippen LogP contribution < -0.4 is 5.32 Å². The SMILES string of the molecule is Cc1nc(C)c(CC(=O)N2CCN(Cc3ccccc3)CCCNc3ccc(Br)cc3C2)s1. The van der Waals surface area contributed by atoms with Gasteiger partial charge in [-0.25, -0.2) is 4.98 Å². The van der Waals surface area contributed by atoms with Crippen LogP contribution in [-0.2, 0) is 24.3 Å². The number of nitrogens with one attached hydrogen (secondary N) is 1. The Kier molecular flexibility index (Phi) is 8.17. The van der Waals surface area contributed by atoms with Crippen molar-refractivity contribution in [1.29, 1.82) is 0 Å². The third kappa shape index (κ3) is 6.65. The third-order valence-electron chi connectivity index (χ3n) is 5.99. The fraction of sp³-hybridized carbons (Fsp3) is 0.385. The average Bonchev–Trinajstić information content (AvgIpc) is 3.09. The number of fused-ring (bicyclic) bond motifs is 1. The first kappa shape index (κ1) is 23.9. The maximum absolute atomic E-state index is 13.5. The van der Waals surface area contributed by atoms with Crippen LogP contribution in [0.25, 0.3) is 0 Å². The second kappa shape index (κ2) is 11.3. The normalized spacial score (nSPS) is 15.4. The van der Waals surface area contributed by atoms with Gasteiger partial charge in [0.1, 0.15) is 0 Å². The molecule has 0 spiro atoms. The molecule has 0 atom stereocenters. The summed E-state index contributed by atoms with van der Waals surface area (Å²) in [5.41, 5.74) is 4.53. The van der Waals surface area contributed by atoms with Gasteiger partial charge in [0, 0.05) is 54.3 Å². The van der Waals surface area contributed by atoms with Gasteiger partial charge >= 0.3 is 0 Å². The van der Waals surface area contributed by atoms with E-state index in [0.29, 0.717) is 19.5 Å². The molecule has 2 heterocycles. The minimum atomic E-state index is 0.159. The first-order chi connectivity index (χ1) is 16.0. The lowest BCUT2D eigenvalue weighted by atomic mass is 10.1. The van der Waals surface area contributed by atoms with Crippen LogP contribution in [-0.4, -0.2) is 46.9 Å². The maximum atomic E-state index is 13.5. The van der Waals surface area contributed by atoms with E-state index in [2.05, 4.69) is 79.7 Å². The highest BCUT2D eigenvalue weighted by molar-refractivity contribution is 9.10. The molecule has 1 amide bonds. The van der Waals surface area contributed by atoms with Crippen LogP contribution in [0.2, 0.25) is 0 Å². The van der Waals surface area contributed by atoms with E-state index in [4.69, 9.17) is 0 Å². The Bertz CT molecular complexity index is 1090.